The minimum absolute atomic E-state index is 0.0528. The quantitative estimate of drug-likeness (QED) is 0.477. The zero-order valence-corrected chi connectivity index (χ0v) is 22.2. The van der Waals surface area contributed by atoms with Gasteiger partial charge in [-0.3, -0.25) is 9.69 Å². The van der Waals surface area contributed by atoms with Crippen molar-refractivity contribution >= 4 is 33.2 Å². The van der Waals surface area contributed by atoms with Crippen LogP contribution in [0.25, 0.3) is 0 Å². The SMILES string of the molecule is O=C(c1ccc(CN2CCN(S(=O)(=O)c3ccccc3)CC2)cc1)N1CCN(c2cccc(Cl)c2)CC1. The van der Waals surface area contributed by atoms with Crippen LogP contribution < -0.4 is 4.90 Å². The third-order valence-electron chi connectivity index (χ3n) is 7.06. The highest BCUT2D eigenvalue weighted by atomic mass is 35.5. The van der Waals surface area contributed by atoms with Crippen LogP contribution in [0.2, 0.25) is 5.02 Å². The molecule has 3 aromatic carbocycles. The van der Waals surface area contributed by atoms with Gasteiger partial charge in [0.1, 0.15) is 0 Å². The van der Waals surface area contributed by atoms with Crippen LogP contribution in [-0.2, 0) is 16.6 Å². The fourth-order valence-corrected chi connectivity index (χ4v) is 6.53. The molecule has 0 atom stereocenters. The van der Waals surface area contributed by atoms with E-state index >= 15 is 0 Å². The fraction of sp³-hybridized carbons (Fsp3) is 0.321. The van der Waals surface area contributed by atoms with Gasteiger partial charge in [0.2, 0.25) is 10.0 Å². The second-order valence-corrected chi connectivity index (χ2v) is 11.8. The fourth-order valence-electron chi connectivity index (χ4n) is 4.90. The summed E-state index contributed by atoms with van der Waals surface area (Å²) in [4.78, 5) is 19.8. The second-order valence-electron chi connectivity index (χ2n) is 9.45. The molecule has 194 valence electrons. The number of carbonyl (C=O) groups excluding carboxylic acids is 1. The first-order valence-electron chi connectivity index (χ1n) is 12.6. The van der Waals surface area contributed by atoms with E-state index in [9.17, 15) is 13.2 Å². The molecule has 2 saturated heterocycles. The first-order chi connectivity index (χ1) is 17.9. The summed E-state index contributed by atoms with van der Waals surface area (Å²) in [7, 11) is -3.45. The number of sulfonamides is 1. The van der Waals surface area contributed by atoms with Gasteiger partial charge in [-0.2, -0.15) is 4.31 Å². The summed E-state index contributed by atoms with van der Waals surface area (Å²) < 4.78 is 27.3. The minimum Gasteiger partial charge on any atom is -0.368 e. The summed E-state index contributed by atoms with van der Waals surface area (Å²) in [5, 5.41) is 0.718. The first kappa shape index (κ1) is 25.7. The number of nitrogens with zero attached hydrogens (tertiary/aromatic N) is 4. The molecule has 7 nitrogen and oxygen atoms in total. The Balaban J connectivity index is 1.11. The van der Waals surface area contributed by atoms with Gasteiger partial charge in [-0.15, -0.1) is 0 Å². The molecular weight excluding hydrogens is 508 g/mol. The summed E-state index contributed by atoms with van der Waals surface area (Å²) in [6.07, 6.45) is 0. The molecule has 2 heterocycles. The standard InChI is InChI=1S/C28H31ClN4O3S/c29-25-5-4-6-26(21-25)31-15-17-32(18-16-31)28(34)24-11-9-23(10-12-24)22-30-13-19-33(20-14-30)37(35,36)27-7-2-1-3-8-27/h1-12,21H,13-20,22H2. The van der Waals surface area contributed by atoms with Gasteiger partial charge in [0.25, 0.3) is 5.91 Å². The van der Waals surface area contributed by atoms with Crippen molar-refractivity contribution in [3.63, 3.8) is 0 Å². The molecule has 0 saturated carbocycles. The number of halogens is 1. The number of hydrogen-bond acceptors (Lipinski definition) is 5. The highest BCUT2D eigenvalue weighted by molar-refractivity contribution is 7.89. The summed E-state index contributed by atoms with van der Waals surface area (Å²) in [6, 6.07) is 24.2. The molecule has 2 aliphatic heterocycles. The average molecular weight is 539 g/mol. The Hall–Kier alpha value is -2.91. The van der Waals surface area contributed by atoms with E-state index in [4.69, 9.17) is 11.6 Å². The highest BCUT2D eigenvalue weighted by Crippen LogP contribution is 2.22. The maximum absolute atomic E-state index is 13.1. The van der Waals surface area contributed by atoms with E-state index in [1.165, 1.54) is 0 Å². The maximum atomic E-state index is 13.1. The molecule has 0 aliphatic carbocycles. The van der Waals surface area contributed by atoms with Crippen LogP contribution in [0.3, 0.4) is 0 Å². The second kappa shape index (κ2) is 11.2. The Labute approximate surface area is 223 Å². The van der Waals surface area contributed by atoms with Crippen LogP contribution in [0.1, 0.15) is 15.9 Å². The van der Waals surface area contributed by atoms with Crippen molar-refractivity contribution in [3.8, 4) is 0 Å². The van der Waals surface area contributed by atoms with E-state index in [0.29, 0.717) is 49.7 Å². The van der Waals surface area contributed by atoms with Crippen molar-refractivity contribution in [1.29, 1.82) is 0 Å². The van der Waals surface area contributed by atoms with Gasteiger partial charge < -0.3 is 9.80 Å². The predicted octanol–water partition coefficient (Wildman–Crippen LogP) is 3.81. The summed E-state index contributed by atoms with van der Waals surface area (Å²) in [5.74, 6) is 0.0528. The molecule has 0 spiro atoms. The van der Waals surface area contributed by atoms with E-state index in [2.05, 4.69) is 9.80 Å². The van der Waals surface area contributed by atoms with E-state index in [1.807, 2.05) is 59.5 Å². The van der Waals surface area contributed by atoms with Crippen LogP contribution in [-0.4, -0.2) is 80.8 Å². The molecule has 0 aromatic heterocycles. The van der Waals surface area contributed by atoms with E-state index in [0.717, 1.165) is 35.9 Å². The zero-order chi connectivity index (χ0) is 25.8. The van der Waals surface area contributed by atoms with Gasteiger partial charge in [0.15, 0.2) is 0 Å². The molecule has 37 heavy (non-hydrogen) atoms. The van der Waals surface area contributed by atoms with E-state index in [1.54, 1.807) is 28.6 Å². The Bertz CT molecular complexity index is 1320. The number of carbonyl (C=O) groups is 1. The lowest BCUT2D eigenvalue weighted by atomic mass is 10.1. The Morgan fingerprint density at radius 1 is 0.757 bits per heavy atom. The van der Waals surface area contributed by atoms with Crippen LogP contribution in [0, 0.1) is 0 Å². The third-order valence-corrected chi connectivity index (χ3v) is 9.21. The molecule has 5 rings (SSSR count). The van der Waals surface area contributed by atoms with Crippen molar-refractivity contribution in [2.75, 3.05) is 57.3 Å². The number of anilines is 1. The first-order valence-corrected chi connectivity index (χ1v) is 14.4. The van der Waals surface area contributed by atoms with Crippen LogP contribution in [0.4, 0.5) is 5.69 Å². The van der Waals surface area contributed by atoms with Gasteiger partial charge in [-0.1, -0.05) is 48.0 Å². The molecule has 0 radical (unpaired) electrons. The topological polar surface area (TPSA) is 64.2 Å². The number of piperazine rings is 2. The molecule has 2 aliphatic rings. The number of amides is 1. The van der Waals surface area contributed by atoms with Crippen LogP contribution in [0.5, 0.6) is 0 Å². The molecular formula is C28H31ClN4O3S. The third kappa shape index (κ3) is 5.99. The lowest BCUT2D eigenvalue weighted by molar-refractivity contribution is 0.0746. The lowest BCUT2D eigenvalue weighted by Crippen LogP contribution is -2.48. The summed E-state index contributed by atoms with van der Waals surface area (Å²) >= 11 is 6.12. The molecule has 2 fully saturated rings. The highest BCUT2D eigenvalue weighted by Gasteiger charge is 2.28. The Morgan fingerprint density at radius 2 is 1.43 bits per heavy atom. The van der Waals surface area contributed by atoms with Crippen LogP contribution in [0.15, 0.2) is 83.8 Å². The van der Waals surface area contributed by atoms with Gasteiger partial charge >= 0.3 is 0 Å². The number of benzene rings is 3. The lowest BCUT2D eigenvalue weighted by Gasteiger charge is -2.36. The van der Waals surface area contributed by atoms with Crippen LogP contribution >= 0.6 is 11.6 Å². The summed E-state index contributed by atoms with van der Waals surface area (Å²) in [5.41, 5.74) is 2.89. The molecule has 9 heteroatoms. The number of hydrogen-bond donors (Lipinski definition) is 0. The number of rotatable bonds is 6. The monoisotopic (exact) mass is 538 g/mol. The zero-order valence-electron chi connectivity index (χ0n) is 20.7. The Morgan fingerprint density at radius 3 is 2.08 bits per heavy atom. The van der Waals surface area contributed by atoms with Crippen molar-refractivity contribution < 1.29 is 13.2 Å². The maximum Gasteiger partial charge on any atom is 0.253 e. The Kier molecular flexibility index (Phi) is 7.81. The average Bonchev–Trinajstić information content (AvgIpc) is 2.94. The molecule has 0 unspecified atom stereocenters. The molecule has 0 bridgehead atoms. The minimum atomic E-state index is -3.45. The van der Waals surface area contributed by atoms with E-state index in [-0.39, 0.29) is 5.91 Å². The summed E-state index contributed by atoms with van der Waals surface area (Å²) in [6.45, 7) is 5.89. The van der Waals surface area contributed by atoms with Gasteiger partial charge in [-0.25, -0.2) is 8.42 Å². The van der Waals surface area contributed by atoms with Gasteiger partial charge in [0.05, 0.1) is 4.90 Å². The molecule has 3 aromatic rings. The normalized spacial score (nSPS) is 17.6. The van der Waals surface area contributed by atoms with Gasteiger partial charge in [-0.05, 0) is 48.0 Å². The largest absolute Gasteiger partial charge is 0.368 e. The molecule has 0 N–H and O–H groups in total. The van der Waals surface area contributed by atoms with Gasteiger partial charge in [0, 0.05) is 75.2 Å². The molecule has 1 amide bonds. The van der Waals surface area contributed by atoms with E-state index < -0.39 is 10.0 Å². The van der Waals surface area contributed by atoms with Crippen molar-refractivity contribution in [3.05, 3.63) is 95.0 Å². The predicted molar refractivity (Wildman–Crippen MR) is 146 cm³/mol. The van der Waals surface area contributed by atoms with Crippen molar-refractivity contribution in [2.24, 2.45) is 0 Å². The van der Waals surface area contributed by atoms with Crippen molar-refractivity contribution in [2.45, 2.75) is 11.4 Å². The smallest absolute Gasteiger partial charge is 0.253 e. The van der Waals surface area contributed by atoms with Crippen molar-refractivity contribution in [1.82, 2.24) is 14.1 Å².